The molecule has 33 heavy (non-hydrogen) atoms. The quantitative estimate of drug-likeness (QED) is 0.219. The van der Waals surface area contributed by atoms with Crippen LogP contribution in [0.4, 0.5) is 10.1 Å². The number of aromatic nitrogens is 1. The second-order valence-electron chi connectivity index (χ2n) is 7.57. The number of ether oxygens (including phenoxy) is 1. The van der Waals surface area contributed by atoms with Crippen LogP contribution in [0.1, 0.15) is 48.0 Å². The standard InChI is InChI=1S/C23H26FN4O5/c1-5-28(22(30)23(31)33-6-2)11-19(27-32)20-12(3)18(25-13(20)4)10-16-15-9-14(24)7-8-17(15)26-21(16)29/h6-10,19,25,27,32H,5,11H2,1-4H3,(H,26,29)/b16-10-. The van der Waals surface area contributed by atoms with E-state index in [1.807, 2.05) is 0 Å². The van der Waals surface area contributed by atoms with E-state index < -0.39 is 23.7 Å². The van der Waals surface area contributed by atoms with Gasteiger partial charge in [-0.05, 0) is 63.1 Å². The number of halogens is 1. The van der Waals surface area contributed by atoms with Gasteiger partial charge in [0.15, 0.2) is 0 Å². The van der Waals surface area contributed by atoms with Crippen LogP contribution in [0.2, 0.25) is 0 Å². The Kier molecular flexibility index (Phi) is 7.29. The fraction of sp³-hybridized carbons (Fsp3) is 0.304. The lowest BCUT2D eigenvalue weighted by molar-refractivity contribution is -0.158. The average Bonchev–Trinajstić information content (AvgIpc) is 3.24. The fourth-order valence-electron chi connectivity index (χ4n) is 3.96. The number of aromatic amines is 1. The third-order valence-corrected chi connectivity index (χ3v) is 5.56. The number of esters is 1. The number of carbonyl (C=O) groups excluding carboxylic acids is 3. The van der Waals surface area contributed by atoms with Crippen molar-refractivity contribution < 1.29 is 28.7 Å². The maximum Gasteiger partial charge on any atom is 0.397 e. The number of amides is 2. The number of nitrogens with one attached hydrogen (secondary N) is 3. The number of hydrogen-bond donors (Lipinski definition) is 4. The van der Waals surface area contributed by atoms with E-state index >= 15 is 0 Å². The summed E-state index contributed by atoms with van der Waals surface area (Å²) in [5, 5.41) is 12.6. The lowest BCUT2D eigenvalue weighted by Gasteiger charge is -2.25. The number of aryl methyl sites for hydroxylation is 1. The van der Waals surface area contributed by atoms with Gasteiger partial charge in [0.05, 0.1) is 11.6 Å². The van der Waals surface area contributed by atoms with Crippen LogP contribution in [0.15, 0.2) is 18.2 Å². The topological polar surface area (TPSA) is 124 Å². The fourth-order valence-corrected chi connectivity index (χ4v) is 3.96. The summed E-state index contributed by atoms with van der Waals surface area (Å²) in [7, 11) is 0. The molecule has 0 bridgehead atoms. The smallest absolute Gasteiger partial charge is 0.397 e. The summed E-state index contributed by atoms with van der Waals surface area (Å²) in [6, 6.07) is 3.35. The van der Waals surface area contributed by atoms with Crippen molar-refractivity contribution in [2.45, 2.75) is 33.7 Å². The molecule has 4 N–H and O–H groups in total. The van der Waals surface area contributed by atoms with Gasteiger partial charge >= 0.3 is 11.9 Å². The van der Waals surface area contributed by atoms with Crippen molar-refractivity contribution in [2.75, 3.05) is 18.4 Å². The van der Waals surface area contributed by atoms with Crippen LogP contribution in [0.5, 0.6) is 0 Å². The van der Waals surface area contributed by atoms with E-state index in [-0.39, 0.29) is 19.0 Å². The van der Waals surface area contributed by atoms with Gasteiger partial charge in [0, 0.05) is 35.7 Å². The Morgan fingerprint density at radius 3 is 2.70 bits per heavy atom. The van der Waals surface area contributed by atoms with Crippen LogP contribution >= 0.6 is 0 Å². The normalized spacial score (nSPS) is 14.7. The van der Waals surface area contributed by atoms with Crippen LogP contribution in [0.3, 0.4) is 0 Å². The number of hydroxylamine groups is 1. The molecule has 1 aliphatic heterocycles. The van der Waals surface area contributed by atoms with Crippen molar-refractivity contribution in [1.29, 1.82) is 0 Å². The second kappa shape index (κ2) is 9.97. The molecule has 1 aliphatic rings. The van der Waals surface area contributed by atoms with Crippen LogP contribution in [-0.2, 0) is 19.1 Å². The molecule has 1 aromatic carbocycles. The number of likely N-dealkylation sites (N-methyl/N-ethyl adjacent to an activating group) is 1. The number of rotatable bonds is 7. The minimum atomic E-state index is -1.01. The van der Waals surface area contributed by atoms with Crippen molar-refractivity contribution in [1.82, 2.24) is 15.4 Å². The highest BCUT2D eigenvalue weighted by Crippen LogP contribution is 2.35. The maximum absolute atomic E-state index is 13.7. The molecular formula is C23H26FN4O5. The Balaban J connectivity index is 1.93. The highest BCUT2D eigenvalue weighted by molar-refractivity contribution is 6.35. The zero-order valence-corrected chi connectivity index (χ0v) is 18.8. The number of fused-ring (bicyclic) bond motifs is 1. The molecule has 10 heteroatoms. The largest absolute Gasteiger partial charge is 0.452 e. The number of nitrogens with zero attached hydrogens (tertiary/aromatic N) is 1. The van der Waals surface area contributed by atoms with Gasteiger partial charge in [-0.25, -0.2) is 9.18 Å². The third-order valence-electron chi connectivity index (χ3n) is 5.56. The molecule has 2 aromatic rings. The highest BCUT2D eigenvalue weighted by atomic mass is 19.1. The zero-order chi connectivity index (χ0) is 24.3. The highest BCUT2D eigenvalue weighted by Gasteiger charge is 2.29. The van der Waals surface area contributed by atoms with Crippen molar-refractivity contribution in [3.63, 3.8) is 0 Å². The summed E-state index contributed by atoms with van der Waals surface area (Å²) in [5.41, 5.74) is 6.17. The van der Waals surface area contributed by atoms with E-state index in [1.54, 1.807) is 26.8 Å². The van der Waals surface area contributed by atoms with E-state index in [0.29, 0.717) is 33.8 Å². The van der Waals surface area contributed by atoms with E-state index in [9.17, 15) is 24.0 Å². The molecule has 9 nitrogen and oxygen atoms in total. The summed E-state index contributed by atoms with van der Waals surface area (Å²) in [6.45, 7) is 8.12. The molecule has 3 rings (SSSR count). The number of hydrogen-bond acceptors (Lipinski definition) is 6. The summed E-state index contributed by atoms with van der Waals surface area (Å²) >= 11 is 0. The SMILES string of the molecule is C[CH]OC(=O)C(=O)N(CC)CC(NO)c1c(C)[nH]c(/C=C2\C(=O)Nc3ccc(F)cc32)c1C. The molecule has 2 amide bonds. The van der Waals surface area contributed by atoms with E-state index in [4.69, 9.17) is 0 Å². The van der Waals surface area contributed by atoms with E-state index in [0.717, 1.165) is 12.2 Å². The number of carbonyl (C=O) groups is 3. The molecule has 0 spiro atoms. The minimum Gasteiger partial charge on any atom is -0.452 e. The van der Waals surface area contributed by atoms with Gasteiger partial charge in [0.1, 0.15) is 12.4 Å². The Labute approximate surface area is 190 Å². The first-order chi connectivity index (χ1) is 15.7. The third kappa shape index (κ3) is 4.81. The van der Waals surface area contributed by atoms with Gasteiger partial charge in [-0.1, -0.05) is 0 Å². The molecule has 0 aliphatic carbocycles. The molecule has 1 aromatic heterocycles. The first-order valence-corrected chi connectivity index (χ1v) is 10.4. The molecule has 1 unspecified atom stereocenters. The molecular weight excluding hydrogens is 431 g/mol. The average molecular weight is 457 g/mol. The predicted molar refractivity (Wildman–Crippen MR) is 119 cm³/mol. The van der Waals surface area contributed by atoms with Gasteiger partial charge in [-0.15, -0.1) is 0 Å². The molecule has 1 atom stereocenters. The van der Waals surface area contributed by atoms with Crippen LogP contribution < -0.4 is 10.8 Å². The summed E-state index contributed by atoms with van der Waals surface area (Å²) in [6.07, 6.45) is 1.62. The van der Waals surface area contributed by atoms with Crippen LogP contribution in [0.25, 0.3) is 11.6 Å². The van der Waals surface area contributed by atoms with Crippen molar-refractivity contribution in [3.05, 3.63) is 58.7 Å². The molecule has 175 valence electrons. The van der Waals surface area contributed by atoms with Crippen LogP contribution in [0, 0.1) is 26.3 Å². The van der Waals surface area contributed by atoms with Gasteiger partial charge in [-0.3, -0.25) is 9.59 Å². The predicted octanol–water partition coefficient (Wildman–Crippen LogP) is 2.86. The second-order valence-corrected chi connectivity index (χ2v) is 7.57. The number of H-pyrrole nitrogens is 1. The Morgan fingerprint density at radius 2 is 2.06 bits per heavy atom. The monoisotopic (exact) mass is 457 g/mol. The number of benzene rings is 1. The Morgan fingerprint density at radius 1 is 1.33 bits per heavy atom. The van der Waals surface area contributed by atoms with E-state index in [1.165, 1.54) is 30.0 Å². The Bertz CT molecular complexity index is 1120. The van der Waals surface area contributed by atoms with Gasteiger partial charge in [-0.2, -0.15) is 5.48 Å². The zero-order valence-electron chi connectivity index (χ0n) is 18.8. The lowest BCUT2D eigenvalue weighted by Crippen LogP contribution is -2.42. The van der Waals surface area contributed by atoms with E-state index in [2.05, 4.69) is 20.5 Å². The summed E-state index contributed by atoms with van der Waals surface area (Å²) < 4.78 is 18.4. The molecule has 1 radical (unpaired) electrons. The maximum atomic E-state index is 13.7. The van der Waals surface area contributed by atoms with Gasteiger partial charge in [0.2, 0.25) is 0 Å². The van der Waals surface area contributed by atoms with Gasteiger partial charge < -0.3 is 25.1 Å². The minimum absolute atomic E-state index is 0.00523. The van der Waals surface area contributed by atoms with Crippen molar-refractivity contribution in [2.24, 2.45) is 0 Å². The molecule has 0 fully saturated rings. The number of anilines is 1. The van der Waals surface area contributed by atoms with Gasteiger partial charge in [0.25, 0.3) is 5.91 Å². The molecule has 0 saturated heterocycles. The molecule has 2 heterocycles. The van der Waals surface area contributed by atoms with Crippen molar-refractivity contribution >= 4 is 35.1 Å². The van der Waals surface area contributed by atoms with Crippen LogP contribution in [-0.4, -0.2) is 46.0 Å². The molecule has 0 saturated carbocycles. The first-order valence-electron chi connectivity index (χ1n) is 10.4. The summed E-state index contributed by atoms with van der Waals surface area (Å²) in [5.74, 6) is -2.65. The first kappa shape index (κ1) is 24.1. The summed E-state index contributed by atoms with van der Waals surface area (Å²) in [4.78, 5) is 41.1. The Hall–Kier alpha value is -3.50. The lowest BCUT2D eigenvalue weighted by atomic mass is 10.00. The van der Waals surface area contributed by atoms with Crippen molar-refractivity contribution in [3.8, 4) is 0 Å².